The van der Waals surface area contributed by atoms with Crippen molar-refractivity contribution in [2.24, 2.45) is 5.73 Å². The number of rotatable bonds is 10. The van der Waals surface area contributed by atoms with E-state index in [9.17, 15) is 24.0 Å². The fourth-order valence-corrected chi connectivity index (χ4v) is 3.40. The van der Waals surface area contributed by atoms with Crippen molar-refractivity contribution >= 4 is 47.6 Å². The van der Waals surface area contributed by atoms with E-state index in [1.807, 2.05) is 0 Å². The number of carbonyl (C=O) groups excluding carboxylic acids is 5. The average molecular weight is 469 g/mol. The largest absolute Gasteiger partial charge is 0.379 e. The maximum absolute atomic E-state index is 13.0. The number of halogens is 1. The van der Waals surface area contributed by atoms with Gasteiger partial charge in [0.2, 0.25) is 17.7 Å². The molecule has 5 amide bonds. The van der Waals surface area contributed by atoms with Gasteiger partial charge in [-0.15, -0.1) is 12.4 Å². The third kappa shape index (κ3) is 5.68. The molecule has 2 aliphatic rings. The van der Waals surface area contributed by atoms with Crippen molar-refractivity contribution in [1.29, 1.82) is 0 Å². The minimum atomic E-state index is -1.07. The first-order valence-corrected chi connectivity index (χ1v) is 9.94. The molecule has 174 valence electrons. The Morgan fingerprint density at radius 3 is 2.50 bits per heavy atom. The van der Waals surface area contributed by atoms with E-state index in [4.69, 9.17) is 15.2 Å². The molecule has 3 rings (SSSR count). The van der Waals surface area contributed by atoms with Crippen molar-refractivity contribution in [3.05, 3.63) is 29.3 Å². The summed E-state index contributed by atoms with van der Waals surface area (Å²) >= 11 is 0. The van der Waals surface area contributed by atoms with Gasteiger partial charge in [0, 0.05) is 13.0 Å². The molecule has 0 spiro atoms. The number of carbonyl (C=O) groups is 5. The Bertz CT molecular complexity index is 908. The highest BCUT2D eigenvalue weighted by molar-refractivity contribution is 6.26. The first-order chi connectivity index (χ1) is 14.9. The van der Waals surface area contributed by atoms with Crippen molar-refractivity contribution in [3.63, 3.8) is 0 Å². The van der Waals surface area contributed by atoms with Crippen LogP contribution in [0.5, 0.6) is 0 Å². The van der Waals surface area contributed by atoms with Gasteiger partial charge in [-0.2, -0.15) is 0 Å². The molecule has 11 nitrogen and oxygen atoms in total. The molecule has 2 aliphatic heterocycles. The lowest BCUT2D eigenvalue weighted by molar-refractivity contribution is -0.136. The summed E-state index contributed by atoms with van der Waals surface area (Å²) in [5.41, 5.74) is 5.61. The van der Waals surface area contributed by atoms with Crippen LogP contribution in [0.15, 0.2) is 18.2 Å². The number of nitrogens with two attached hydrogens (primary N) is 1. The smallest absolute Gasteiger partial charge is 0.264 e. The van der Waals surface area contributed by atoms with E-state index in [2.05, 4.69) is 10.6 Å². The molecule has 4 N–H and O–H groups in total. The third-order valence-corrected chi connectivity index (χ3v) is 4.85. The van der Waals surface area contributed by atoms with Crippen LogP contribution in [0.2, 0.25) is 0 Å². The predicted molar refractivity (Wildman–Crippen MR) is 114 cm³/mol. The van der Waals surface area contributed by atoms with E-state index in [0.717, 1.165) is 4.90 Å². The van der Waals surface area contributed by atoms with Gasteiger partial charge in [0.15, 0.2) is 0 Å². The highest BCUT2D eigenvalue weighted by Crippen LogP contribution is 2.32. The molecule has 0 bridgehead atoms. The number of ether oxygens (including phenoxy) is 2. The van der Waals surface area contributed by atoms with Gasteiger partial charge in [0.05, 0.1) is 49.7 Å². The lowest BCUT2D eigenvalue weighted by Gasteiger charge is -2.27. The first-order valence-electron chi connectivity index (χ1n) is 9.94. The predicted octanol–water partition coefficient (Wildman–Crippen LogP) is -0.170. The van der Waals surface area contributed by atoms with Gasteiger partial charge in [-0.25, -0.2) is 0 Å². The average Bonchev–Trinajstić information content (AvgIpc) is 2.99. The molecule has 0 aromatic heterocycles. The first kappa shape index (κ1) is 25.4. The SMILES string of the molecule is Cl.NCCOCCOCCC(=O)Nc1cccc2c1C(=O)N(C1CCC(=O)NC1=O)C2=O. The highest BCUT2D eigenvalue weighted by Gasteiger charge is 2.45. The number of fused-ring (bicyclic) bond motifs is 1. The molecule has 2 heterocycles. The summed E-state index contributed by atoms with van der Waals surface area (Å²) in [6.45, 7) is 1.71. The standard InChI is InChI=1S/C20H24N4O7.ClH/c21-7-9-31-11-10-30-8-6-16(26)22-13-3-1-2-12-17(13)20(29)24(19(12)28)14-4-5-15(25)23-18(14)27;/h1-3,14H,4-11,21H2,(H,22,26)(H,23,25,27);1H. The summed E-state index contributed by atoms with van der Waals surface area (Å²) in [6, 6.07) is 3.45. The van der Waals surface area contributed by atoms with Gasteiger partial charge in [0.25, 0.3) is 11.8 Å². The van der Waals surface area contributed by atoms with Gasteiger partial charge in [-0.3, -0.25) is 34.2 Å². The second kappa shape index (κ2) is 11.7. The van der Waals surface area contributed by atoms with Crippen LogP contribution in [0.3, 0.4) is 0 Å². The number of amides is 5. The van der Waals surface area contributed by atoms with E-state index in [-0.39, 0.29) is 55.1 Å². The van der Waals surface area contributed by atoms with Crippen LogP contribution in [0, 0.1) is 0 Å². The second-order valence-electron chi connectivity index (χ2n) is 6.99. The second-order valence-corrected chi connectivity index (χ2v) is 6.99. The molecule has 32 heavy (non-hydrogen) atoms. The number of benzene rings is 1. The van der Waals surface area contributed by atoms with Crippen LogP contribution in [0.25, 0.3) is 0 Å². The summed E-state index contributed by atoms with van der Waals surface area (Å²) < 4.78 is 10.5. The van der Waals surface area contributed by atoms with Crippen molar-refractivity contribution < 1.29 is 33.4 Å². The van der Waals surface area contributed by atoms with Gasteiger partial charge in [0.1, 0.15) is 6.04 Å². The van der Waals surface area contributed by atoms with E-state index in [1.165, 1.54) is 12.1 Å². The molecule has 0 radical (unpaired) electrons. The van der Waals surface area contributed by atoms with Crippen molar-refractivity contribution in [1.82, 2.24) is 10.2 Å². The Balaban J connectivity index is 0.00000363. The lowest BCUT2D eigenvalue weighted by atomic mass is 10.0. The van der Waals surface area contributed by atoms with Crippen molar-refractivity contribution in [3.8, 4) is 0 Å². The van der Waals surface area contributed by atoms with Gasteiger partial charge in [-0.1, -0.05) is 6.07 Å². The third-order valence-electron chi connectivity index (χ3n) is 4.85. The summed E-state index contributed by atoms with van der Waals surface area (Å²) in [5, 5.41) is 4.77. The van der Waals surface area contributed by atoms with E-state index < -0.39 is 35.6 Å². The normalized spacial score (nSPS) is 17.7. The lowest BCUT2D eigenvalue weighted by Crippen LogP contribution is -2.54. The van der Waals surface area contributed by atoms with E-state index >= 15 is 0 Å². The Kier molecular flexibility index (Phi) is 9.27. The number of imide groups is 2. The van der Waals surface area contributed by atoms with Gasteiger partial charge in [-0.05, 0) is 18.6 Å². The summed E-state index contributed by atoms with van der Waals surface area (Å²) in [7, 11) is 0. The number of nitrogens with zero attached hydrogens (tertiary/aromatic N) is 1. The Morgan fingerprint density at radius 2 is 1.81 bits per heavy atom. The zero-order chi connectivity index (χ0) is 22.4. The molecule has 1 saturated heterocycles. The quantitative estimate of drug-likeness (QED) is 0.315. The minimum Gasteiger partial charge on any atom is -0.379 e. The highest BCUT2D eigenvalue weighted by atomic mass is 35.5. The van der Waals surface area contributed by atoms with Crippen molar-refractivity contribution in [2.45, 2.75) is 25.3 Å². The Labute approximate surface area is 190 Å². The Hall–Kier alpha value is -2.86. The van der Waals surface area contributed by atoms with Crippen LogP contribution < -0.4 is 16.4 Å². The van der Waals surface area contributed by atoms with E-state index in [0.29, 0.717) is 26.4 Å². The Morgan fingerprint density at radius 1 is 1.09 bits per heavy atom. The fraction of sp³-hybridized carbons (Fsp3) is 0.450. The molecule has 1 fully saturated rings. The maximum Gasteiger partial charge on any atom is 0.264 e. The zero-order valence-corrected chi connectivity index (χ0v) is 18.1. The monoisotopic (exact) mass is 468 g/mol. The molecule has 1 unspecified atom stereocenters. The molecule has 0 saturated carbocycles. The minimum absolute atomic E-state index is 0. The molecule has 1 atom stereocenters. The van der Waals surface area contributed by atoms with Crippen LogP contribution in [-0.4, -0.2) is 73.4 Å². The topological polar surface area (TPSA) is 157 Å². The van der Waals surface area contributed by atoms with Crippen LogP contribution in [-0.2, 0) is 23.9 Å². The number of nitrogens with one attached hydrogen (secondary N) is 2. The fourth-order valence-electron chi connectivity index (χ4n) is 3.40. The number of hydrogen-bond acceptors (Lipinski definition) is 8. The molecule has 1 aromatic rings. The maximum atomic E-state index is 13.0. The summed E-state index contributed by atoms with van der Waals surface area (Å²) in [5.74, 6) is -2.84. The van der Waals surface area contributed by atoms with Crippen LogP contribution >= 0.6 is 12.4 Å². The number of anilines is 1. The molecule has 0 aliphatic carbocycles. The molecule has 1 aromatic carbocycles. The number of piperidine rings is 1. The molecular weight excluding hydrogens is 444 g/mol. The van der Waals surface area contributed by atoms with Crippen LogP contribution in [0.4, 0.5) is 5.69 Å². The summed E-state index contributed by atoms with van der Waals surface area (Å²) in [6.07, 6.45) is 0.133. The van der Waals surface area contributed by atoms with Gasteiger partial charge < -0.3 is 20.5 Å². The van der Waals surface area contributed by atoms with E-state index in [1.54, 1.807) is 6.07 Å². The van der Waals surface area contributed by atoms with Gasteiger partial charge >= 0.3 is 0 Å². The van der Waals surface area contributed by atoms with Crippen molar-refractivity contribution in [2.75, 3.05) is 38.3 Å². The molecule has 12 heteroatoms. The van der Waals surface area contributed by atoms with Crippen LogP contribution in [0.1, 0.15) is 40.0 Å². The molecular formula is C20H25ClN4O7. The zero-order valence-electron chi connectivity index (χ0n) is 17.3. The number of hydrogen-bond donors (Lipinski definition) is 3. The summed E-state index contributed by atoms with van der Waals surface area (Å²) in [4.78, 5) is 62.4.